The van der Waals surface area contributed by atoms with Gasteiger partial charge in [0.15, 0.2) is 0 Å². The molecule has 2 heteroatoms. The third-order valence-electron chi connectivity index (χ3n) is 2.53. The monoisotopic (exact) mass is 148 g/mol. The smallest absolute Gasteiger partial charge is 0.207 e. The summed E-state index contributed by atoms with van der Waals surface area (Å²) >= 11 is 0. The molecule has 0 nitrogen and oxygen atoms in total. The van der Waals surface area contributed by atoms with Crippen LogP contribution in [-0.2, 0) is 0 Å². The van der Waals surface area contributed by atoms with Crippen LogP contribution in [0.15, 0.2) is 0 Å². The van der Waals surface area contributed by atoms with Crippen LogP contribution in [0.2, 0.25) is 0 Å². The van der Waals surface area contributed by atoms with Crippen molar-refractivity contribution in [3.8, 4) is 0 Å². The van der Waals surface area contributed by atoms with Crippen LogP contribution in [0.5, 0.6) is 0 Å². The van der Waals surface area contributed by atoms with E-state index < -0.39 is 5.92 Å². The summed E-state index contributed by atoms with van der Waals surface area (Å²) in [7, 11) is 0. The zero-order valence-electron chi connectivity index (χ0n) is 6.53. The summed E-state index contributed by atoms with van der Waals surface area (Å²) in [5.74, 6) is -2.17. The number of hydrogen-bond donors (Lipinski definition) is 0. The minimum Gasteiger partial charge on any atom is -0.207 e. The molecule has 0 aromatic rings. The molecule has 1 aliphatic carbocycles. The van der Waals surface area contributed by atoms with Gasteiger partial charge in [0.1, 0.15) is 0 Å². The molecule has 0 N–H and O–H groups in total. The summed E-state index contributed by atoms with van der Waals surface area (Å²) in [5.41, 5.74) is 0. The molecule has 0 saturated heterocycles. The van der Waals surface area contributed by atoms with E-state index in [0.29, 0.717) is 5.92 Å². The molecule has 0 aromatic carbocycles. The number of rotatable bonds is 2. The van der Waals surface area contributed by atoms with Gasteiger partial charge in [-0.25, -0.2) is 8.78 Å². The normalized spacial score (nSPS) is 33.6. The molecule has 10 heavy (non-hydrogen) atoms. The van der Waals surface area contributed by atoms with Crippen molar-refractivity contribution >= 4 is 0 Å². The van der Waals surface area contributed by atoms with Crippen LogP contribution in [0.25, 0.3) is 0 Å². The Labute approximate surface area is 60.6 Å². The molecule has 0 heterocycles. The lowest BCUT2D eigenvalue weighted by molar-refractivity contribution is -0.0903. The fourth-order valence-electron chi connectivity index (χ4n) is 1.48. The summed E-state index contributed by atoms with van der Waals surface area (Å²) < 4.78 is 25.0. The second-order valence-corrected chi connectivity index (χ2v) is 3.40. The Hall–Kier alpha value is -0.140. The molecule has 0 spiro atoms. The maximum Gasteiger partial charge on any atom is 0.248 e. The van der Waals surface area contributed by atoms with Crippen LogP contribution in [0.3, 0.4) is 0 Å². The van der Waals surface area contributed by atoms with Gasteiger partial charge in [-0.2, -0.15) is 0 Å². The van der Waals surface area contributed by atoms with Crippen molar-refractivity contribution in [2.45, 2.75) is 39.0 Å². The fourth-order valence-corrected chi connectivity index (χ4v) is 1.48. The molecule has 0 radical (unpaired) electrons. The van der Waals surface area contributed by atoms with Crippen molar-refractivity contribution in [2.24, 2.45) is 11.8 Å². The Morgan fingerprint density at radius 1 is 1.40 bits per heavy atom. The molecule has 1 fully saturated rings. The zero-order chi connectivity index (χ0) is 7.78. The van der Waals surface area contributed by atoms with Crippen LogP contribution in [0, 0.1) is 11.8 Å². The Morgan fingerprint density at radius 2 is 1.90 bits per heavy atom. The third kappa shape index (κ3) is 1.47. The van der Waals surface area contributed by atoms with E-state index in [1.54, 1.807) is 0 Å². The van der Waals surface area contributed by atoms with Crippen LogP contribution in [0.1, 0.15) is 33.1 Å². The molecule has 60 valence electrons. The highest BCUT2D eigenvalue weighted by Gasteiger charge is 2.42. The van der Waals surface area contributed by atoms with Gasteiger partial charge in [-0.3, -0.25) is 0 Å². The molecule has 1 saturated carbocycles. The Morgan fingerprint density at radius 3 is 2.20 bits per heavy atom. The molecule has 0 aliphatic heterocycles. The zero-order valence-corrected chi connectivity index (χ0v) is 6.53. The van der Waals surface area contributed by atoms with E-state index in [1.165, 1.54) is 0 Å². The van der Waals surface area contributed by atoms with Gasteiger partial charge in [0, 0.05) is 5.92 Å². The standard InChI is InChI=1S/C8H14F2/c1-3-6-4-7(5-6)8(2,9)10/h6-7H,3-5H2,1-2H3. The van der Waals surface area contributed by atoms with E-state index >= 15 is 0 Å². The van der Waals surface area contributed by atoms with Gasteiger partial charge in [-0.15, -0.1) is 0 Å². The molecular formula is C8H14F2. The van der Waals surface area contributed by atoms with Crippen LogP contribution < -0.4 is 0 Å². The molecule has 1 aliphatic rings. The lowest BCUT2D eigenvalue weighted by atomic mass is 9.71. The predicted octanol–water partition coefficient (Wildman–Crippen LogP) is 3.08. The van der Waals surface area contributed by atoms with Crippen molar-refractivity contribution in [1.82, 2.24) is 0 Å². The summed E-state index contributed by atoms with van der Waals surface area (Å²) in [5, 5.41) is 0. The fraction of sp³-hybridized carbons (Fsp3) is 1.00. The average Bonchev–Trinajstić information content (AvgIpc) is 1.57. The van der Waals surface area contributed by atoms with E-state index in [9.17, 15) is 8.78 Å². The molecule has 1 rings (SSSR count). The van der Waals surface area contributed by atoms with Crippen LogP contribution in [-0.4, -0.2) is 5.92 Å². The highest BCUT2D eigenvalue weighted by atomic mass is 19.3. The number of halogens is 2. The van der Waals surface area contributed by atoms with Crippen molar-refractivity contribution in [2.75, 3.05) is 0 Å². The van der Waals surface area contributed by atoms with E-state index in [0.717, 1.165) is 26.2 Å². The second-order valence-electron chi connectivity index (χ2n) is 3.40. The summed E-state index contributed by atoms with van der Waals surface area (Å²) in [6.45, 7) is 3.10. The predicted molar refractivity (Wildman–Crippen MR) is 37.1 cm³/mol. The van der Waals surface area contributed by atoms with Crippen molar-refractivity contribution in [3.63, 3.8) is 0 Å². The average molecular weight is 148 g/mol. The first-order valence-electron chi connectivity index (χ1n) is 3.91. The minimum atomic E-state index is -2.42. The molecule has 0 atom stereocenters. The van der Waals surface area contributed by atoms with Gasteiger partial charge in [-0.1, -0.05) is 13.3 Å². The van der Waals surface area contributed by atoms with Crippen LogP contribution in [0.4, 0.5) is 8.78 Å². The summed E-state index contributed by atoms with van der Waals surface area (Å²) in [6, 6.07) is 0. The van der Waals surface area contributed by atoms with E-state index in [1.807, 2.05) is 0 Å². The topological polar surface area (TPSA) is 0 Å². The lowest BCUT2D eigenvalue weighted by Gasteiger charge is -2.38. The molecular weight excluding hydrogens is 134 g/mol. The third-order valence-corrected chi connectivity index (χ3v) is 2.53. The minimum absolute atomic E-state index is 0.322. The van der Waals surface area contributed by atoms with Crippen LogP contribution >= 0.6 is 0 Å². The number of hydrogen-bond acceptors (Lipinski definition) is 0. The van der Waals surface area contributed by atoms with E-state index in [-0.39, 0.29) is 5.92 Å². The van der Waals surface area contributed by atoms with Crippen molar-refractivity contribution in [3.05, 3.63) is 0 Å². The maximum atomic E-state index is 12.5. The first-order valence-corrected chi connectivity index (χ1v) is 3.91. The van der Waals surface area contributed by atoms with Gasteiger partial charge in [0.2, 0.25) is 5.92 Å². The lowest BCUT2D eigenvalue weighted by Crippen LogP contribution is -2.36. The summed E-state index contributed by atoms with van der Waals surface area (Å²) in [4.78, 5) is 0. The van der Waals surface area contributed by atoms with Gasteiger partial charge < -0.3 is 0 Å². The first-order chi connectivity index (χ1) is 4.54. The molecule has 0 unspecified atom stereocenters. The van der Waals surface area contributed by atoms with Gasteiger partial charge in [-0.05, 0) is 25.7 Å². The Bertz CT molecular complexity index is 109. The maximum absolute atomic E-state index is 12.5. The first kappa shape index (κ1) is 7.96. The quantitative estimate of drug-likeness (QED) is 0.564. The highest BCUT2D eigenvalue weighted by Crippen LogP contribution is 2.44. The Kier molecular flexibility index (Phi) is 1.97. The molecule has 0 bridgehead atoms. The van der Waals surface area contributed by atoms with Gasteiger partial charge >= 0.3 is 0 Å². The molecule has 0 aromatic heterocycles. The van der Waals surface area contributed by atoms with Crippen molar-refractivity contribution in [1.29, 1.82) is 0 Å². The highest BCUT2D eigenvalue weighted by molar-refractivity contribution is 4.85. The van der Waals surface area contributed by atoms with E-state index in [4.69, 9.17) is 0 Å². The van der Waals surface area contributed by atoms with Gasteiger partial charge in [0.05, 0.1) is 0 Å². The number of alkyl halides is 2. The largest absolute Gasteiger partial charge is 0.248 e. The van der Waals surface area contributed by atoms with Crippen molar-refractivity contribution < 1.29 is 8.78 Å². The van der Waals surface area contributed by atoms with Gasteiger partial charge in [0.25, 0.3) is 0 Å². The second kappa shape index (κ2) is 2.48. The Balaban J connectivity index is 2.26. The SMILES string of the molecule is CCC1CC(C(C)(F)F)C1. The molecule has 0 amide bonds. The summed E-state index contributed by atoms with van der Waals surface area (Å²) in [6.07, 6.45) is 2.53. The van der Waals surface area contributed by atoms with E-state index in [2.05, 4.69) is 6.92 Å².